The van der Waals surface area contributed by atoms with Gasteiger partial charge in [0, 0.05) is 44.9 Å². The van der Waals surface area contributed by atoms with E-state index in [9.17, 15) is 13.2 Å². The number of guanidine groups is 1. The van der Waals surface area contributed by atoms with Crippen LogP contribution >= 0.6 is 24.0 Å². The molecular formula is C20H32F3IN4O. The van der Waals surface area contributed by atoms with Crippen molar-refractivity contribution in [2.45, 2.75) is 51.5 Å². The molecule has 1 saturated heterocycles. The molecule has 0 amide bonds. The van der Waals surface area contributed by atoms with Gasteiger partial charge in [0.2, 0.25) is 0 Å². The Balaban J connectivity index is 0.00000420. The maximum absolute atomic E-state index is 12.0. The minimum absolute atomic E-state index is 0. The maximum Gasteiger partial charge on any atom is 0.411 e. The second-order valence-electron chi connectivity index (χ2n) is 7.12. The number of aliphatic imine (C=N–C) groups is 1. The number of ether oxygens (including phenoxy) is 1. The smallest absolute Gasteiger partial charge is 0.372 e. The van der Waals surface area contributed by atoms with Crippen LogP contribution in [0.15, 0.2) is 35.3 Å². The number of alkyl halides is 3. The van der Waals surface area contributed by atoms with Crippen LogP contribution in [0, 0.1) is 0 Å². The summed E-state index contributed by atoms with van der Waals surface area (Å²) in [7, 11) is 0. The molecule has 0 aromatic heterocycles. The van der Waals surface area contributed by atoms with E-state index in [2.05, 4.69) is 56.5 Å². The highest BCUT2D eigenvalue weighted by Crippen LogP contribution is 2.20. The molecule has 1 fully saturated rings. The summed E-state index contributed by atoms with van der Waals surface area (Å²) in [5.41, 5.74) is 1.30. The van der Waals surface area contributed by atoms with Crippen molar-refractivity contribution in [1.82, 2.24) is 15.5 Å². The first-order chi connectivity index (χ1) is 13.4. The van der Waals surface area contributed by atoms with Crippen molar-refractivity contribution < 1.29 is 17.9 Å². The van der Waals surface area contributed by atoms with E-state index in [-0.39, 0.29) is 36.6 Å². The van der Waals surface area contributed by atoms with E-state index in [0.29, 0.717) is 25.0 Å². The second-order valence-corrected chi connectivity index (χ2v) is 7.12. The number of hydrogen-bond acceptors (Lipinski definition) is 3. The molecule has 2 atom stereocenters. The molecule has 0 bridgehead atoms. The molecule has 29 heavy (non-hydrogen) atoms. The van der Waals surface area contributed by atoms with Crippen LogP contribution in [0.3, 0.4) is 0 Å². The molecule has 166 valence electrons. The first-order valence-electron chi connectivity index (χ1n) is 9.84. The Morgan fingerprint density at radius 3 is 2.66 bits per heavy atom. The van der Waals surface area contributed by atoms with Crippen molar-refractivity contribution in [3.8, 4) is 0 Å². The summed E-state index contributed by atoms with van der Waals surface area (Å²) < 4.78 is 40.8. The second kappa shape index (κ2) is 13.3. The van der Waals surface area contributed by atoms with Crippen LogP contribution in [0.4, 0.5) is 13.2 Å². The van der Waals surface area contributed by atoms with Crippen molar-refractivity contribution >= 4 is 29.9 Å². The SMILES string of the molecule is CCNC(=NCCCOCC(F)(F)F)NC1CC(C)N(Cc2ccccc2)C1.I. The van der Waals surface area contributed by atoms with Gasteiger partial charge in [-0.2, -0.15) is 13.2 Å². The average molecular weight is 528 g/mol. The number of halogens is 4. The van der Waals surface area contributed by atoms with Gasteiger partial charge in [0.25, 0.3) is 0 Å². The largest absolute Gasteiger partial charge is 0.411 e. The van der Waals surface area contributed by atoms with Gasteiger partial charge in [-0.3, -0.25) is 9.89 Å². The predicted octanol–water partition coefficient (Wildman–Crippen LogP) is 3.79. The van der Waals surface area contributed by atoms with Gasteiger partial charge in [-0.25, -0.2) is 0 Å². The van der Waals surface area contributed by atoms with E-state index in [1.165, 1.54) is 5.56 Å². The molecule has 5 nitrogen and oxygen atoms in total. The third kappa shape index (κ3) is 10.5. The highest BCUT2D eigenvalue weighted by Gasteiger charge is 2.29. The van der Waals surface area contributed by atoms with Gasteiger partial charge < -0.3 is 15.4 Å². The van der Waals surface area contributed by atoms with Crippen LogP contribution in [0.25, 0.3) is 0 Å². The van der Waals surface area contributed by atoms with E-state index >= 15 is 0 Å². The highest BCUT2D eigenvalue weighted by atomic mass is 127. The lowest BCUT2D eigenvalue weighted by Gasteiger charge is -2.21. The van der Waals surface area contributed by atoms with Gasteiger partial charge in [-0.15, -0.1) is 24.0 Å². The topological polar surface area (TPSA) is 48.9 Å². The molecule has 1 aromatic rings. The molecule has 9 heteroatoms. The molecular weight excluding hydrogens is 496 g/mol. The van der Waals surface area contributed by atoms with E-state index in [0.717, 1.165) is 26.1 Å². The monoisotopic (exact) mass is 528 g/mol. The third-order valence-electron chi connectivity index (χ3n) is 4.60. The normalized spacial score (nSPS) is 20.4. The Kier molecular flexibility index (Phi) is 11.9. The van der Waals surface area contributed by atoms with Crippen LogP contribution in [0.1, 0.15) is 32.3 Å². The summed E-state index contributed by atoms with van der Waals surface area (Å²) in [6, 6.07) is 11.2. The van der Waals surface area contributed by atoms with Crippen molar-refractivity contribution in [3.63, 3.8) is 0 Å². The Morgan fingerprint density at radius 2 is 2.00 bits per heavy atom. The standard InChI is InChI=1S/C20H31F3N4O.HI/c1-3-24-19(25-10-7-11-28-15-20(21,22)23)26-18-12-16(2)27(14-18)13-17-8-5-4-6-9-17;/h4-6,8-9,16,18H,3,7,10-15H2,1-2H3,(H2,24,25,26);1H. The summed E-state index contributed by atoms with van der Waals surface area (Å²) in [6.45, 7) is 6.06. The van der Waals surface area contributed by atoms with E-state index < -0.39 is 12.8 Å². The zero-order chi connectivity index (χ0) is 20.4. The van der Waals surface area contributed by atoms with Gasteiger partial charge in [0.1, 0.15) is 6.61 Å². The summed E-state index contributed by atoms with van der Waals surface area (Å²) in [5.74, 6) is 0.706. The fourth-order valence-electron chi connectivity index (χ4n) is 3.30. The summed E-state index contributed by atoms with van der Waals surface area (Å²) >= 11 is 0. The van der Waals surface area contributed by atoms with E-state index in [1.54, 1.807) is 0 Å². The molecule has 0 spiro atoms. The molecule has 2 N–H and O–H groups in total. The zero-order valence-electron chi connectivity index (χ0n) is 17.0. The number of nitrogens with zero attached hydrogens (tertiary/aromatic N) is 2. The van der Waals surface area contributed by atoms with Gasteiger partial charge in [0.15, 0.2) is 5.96 Å². The van der Waals surface area contributed by atoms with Crippen LogP contribution < -0.4 is 10.6 Å². The summed E-state index contributed by atoms with van der Waals surface area (Å²) in [4.78, 5) is 6.91. The zero-order valence-corrected chi connectivity index (χ0v) is 19.4. The lowest BCUT2D eigenvalue weighted by molar-refractivity contribution is -0.173. The number of benzene rings is 1. The van der Waals surface area contributed by atoms with Crippen LogP contribution in [0.2, 0.25) is 0 Å². The number of nitrogens with one attached hydrogen (secondary N) is 2. The van der Waals surface area contributed by atoms with Crippen molar-refractivity contribution in [3.05, 3.63) is 35.9 Å². The lowest BCUT2D eigenvalue weighted by atomic mass is 10.2. The molecule has 1 heterocycles. The predicted molar refractivity (Wildman–Crippen MR) is 121 cm³/mol. The molecule has 0 saturated carbocycles. The maximum atomic E-state index is 12.0. The highest BCUT2D eigenvalue weighted by molar-refractivity contribution is 14.0. The van der Waals surface area contributed by atoms with Crippen LogP contribution in [0.5, 0.6) is 0 Å². The van der Waals surface area contributed by atoms with Gasteiger partial charge in [-0.05, 0) is 32.3 Å². The third-order valence-corrected chi connectivity index (χ3v) is 4.60. The Hall–Kier alpha value is -1.07. The van der Waals surface area contributed by atoms with Crippen molar-refractivity contribution in [2.24, 2.45) is 4.99 Å². The Bertz CT molecular complexity index is 601. The minimum Gasteiger partial charge on any atom is -0.372 e. The molecule has 2 unspecified atom stereocenters. The van der Waals surface area contributed by atoms with Crippen LogP contribution in [-0.2, 0) is 11.3 Å². The molecule has 0 radical (unpaired) electrons. The lowest BCUT2D eigenvalue weighted by Crippen LogP contribution is -2.44. The summed E-state index contributed by atoms with van der Waals surface area (Å²) in [5, 5.41) is 6.66. The van der Waals surface area contributed by atoms with E-state index in [4.69, 9.17) is 0 Å². The molecule has 0 aliphatic carbocycles. The van der Waals surface area contributed by atoms with Crippen LogP contribution in [-0.4, -0.2) is 62.0 Å². The number of rotatable bonds is 9. The fraction of sp³-hybridized carbons (Fsp3) is 0.650. The summed E-state index contributed by atoms with van der Waals surface area (Å²) in [6.07, 6.45) is -2.80. The Morgan fingerprint density at radius 1 is 1.28 bits per heavy atom. The van der Waals surface area contributed by atoms with Crippen molar-refractivity contribution in [1.29, 1.82) is 0 Å². The van der Waals surface area contributed by atoms with Gasteiger partial charge >= 0.3 is 6.18 Å². The molecule has 1 aliphatic rings. The van der Waals surface area contributed by atoms with E-state index in [1.807, 2.05) is 13.0 Å². The fourth-order valence-corrected chi connectivity index (χ4v) is 3.30. The first kappa shape index (κ1) is 26.0. The number of hydrogen-bond donors (Lipinski definition) is 2. The quantitative estimate of drug-likeness (QED) is 0.222. The minimum atomic E-state index is -4.27. The molecule has 2 rings (SSSR count). The first-order valence-corrected chi connectivity index (χ1v) is 9.84. The van der Waals surface area contributed by atoms with Gasteiger partial charge in [-0.1, -0.05) is 30.3 Å². The molecule has 1 aliphatic heterocycles. The average Bonchev–Trinajstić information content (AvgIpc) is 2.97. The van der Waals surface area contributed by atoms with Gasteiger partial charge in [0.05, 0.1) is 0 Å². The number of likely N-dealkylation sites (tertiary alicyclic amines) is 1. The van der Waals surface area contributed by atoms with Crippen molar-refractivity contribution in [2.75, 3.05) is 32.8 Å². The Labute approximate surface area is 188 Å². The molecule has 1 aromatic carbocycles.